The number of hydrogen-bond donors (Lipinski definition) is 2. The van der Waals surface area contributed by atoms with Crippen LogP contribution in [-0.4, -0.2) is 46.5 Å². The second-order valence-corrected chi connectivity index (χ2v) is 9.59. The summed E-state index contributed by atoms with van der Waals surface area (Å²) in [6, 6.07) is 7.77. The second-order valence-electron chi connectivity index (χ2n) is 9.59. The molecule has 7 nitrogen and oxygen atoms in total. The van der Waals surface area contributed by atoms with E-state index in [1.165, 1.54) is 19.3 Å². The summed E-state index contributed by atoms with van der Waals surface area (Å²) in [7, 11) is 1.80. The molecule has 1 unspecified atom stereocenters. The van der Waals surface area contributed by atoms with E-state index >= 15 is 0 Å². The summed E-state index contributed by atoms with van der Waals surface area (Å²) >= 11 is 0. The van der Waals surface area contributed by atoms with Gasteiger partial charge in [-0.1, -0.05) is 37.1 Å². The molecule has 1 saturated carbocycles. The van der Waals surface area contributed by atoms with Crippen molar-refractivity contribution in [2.24, 2.45) is 11.8 Å². The van der Waals surface area contributed by atoms with Gasteiger partial charge in [-0.2, -0.15) is 0 Å². The number of aliphatic hydroxyl groups is 1. The molecule has 2 N–H and O–H groups in total. The lowest BCUT2D eigenvalue weighted by Crippen LogP contribution is -2.29. The minimum atomic E-state index is -0.574. The van der Waals surface area contributed by atoms with Gasteiger partial charge < -0.3 is 19.7 Å². The van der Waals surface area contributed by atoms with Crippen LogP contribution in [0.4, 0.5) is 0 Å². The lowest BCUT2D eigenvalue weighted by molar-refractivity contribution is 0.108. The lowest BCUT2D eigenvalue weighted by Gasteiger charge is -2.19. The molecule has 0 bridgehead atoms. The Bertz CT molecular complexity index is 1110. The highest BCUT2D eigenvalue weighted by Crippen LogP contribution is 2.37. The quantitative estimate of drug-likeness (QED) is 0.476. The SMILES string of the molecule is CNCC(O)COc1cccc(-c2nc(C[C@@H]3CCC[C@@H]3C)c(C)c(-c3c(C)noc3C)n2)c1. The van der Waals surface area contributed by atoms with Gasteiger partial charge in [0.2, 0.25) is 0 Å². The maximum absolute atomic E-state index is 9.99. The molecule has 2 aromatic heterocycles. The number of aliphatic hydroxyl groups excluding tert-OH is 1. The molecule has 4 rings (SSSR count). The van der Waals surface area contributed by atoms with Crippen LogP contribution in [-0.2, 0) is 6.42 Å². The molecule has 3 aromatic rings. The van der Waals surface area contributed by atoms with Crippen LogP contribution in [0.3, 0.4) is 0 Å². The number of ether oxygens (including phenoxy) is 1. The Balaban J connectivity index is 1.73. The zero-order chi connectivity index (χ0) is 24.2. The van der Waals surface area contributed by atoms with Crippen molar-refractivity contribution < 1.29 is 14.4 Å². The Morgan fingerprint density at radius 3 is 2.71 bits per heavy atom. The van der Waals surface area contributed by atoms with E-state index in [2.05, 4.69) is 24.3 Å². The van der Waals surface area contributed by atoms with Crippen LogP contribution in [0, 0.1) is 32.6 Å². The van der Waals surface area contributed by atoms with Crippen molar-refractivity contribution >= 4 is 0 Å². The van der Waals surface area contributed by atoms with Crippen molar-refractivity contribution in [3.8, 4) is 28.4 Å². The maximum atomic E-state index is 9.99. The molecule has 1 fully saturated rings. The van der Waals surface area contributed by atoms with Gasteiger partial charge in [0.15, 0.2) is 5.82 Å². The Hall–Kier alpha value is -2.77. The molecular formula is C27H36N4O3. The molecule has 1 aromatic carbocycles. The van der Waals surface area contributed by atoms with Crippen LogP contribution < -0.4 is 10.1 Å². The maximum Gasteiger partial charge on any atom is 0.160 e. The van der Waals surface area contributed by atoms with Crippen molar-refractivity contribution in [2.75, 3.05) is 20.2 Å². The minimum Gasteiger partial charge on any atom is -0.491 e. The van der Waals surface area contributed by atoms with E-state index in [9.17, 15) is 5.11 Å². The summed E-state index contributed by atoms with van der Waals surface area (Å²) in [5.41, 5.74) is 5.74. The molecular weight excluding hydrogens is 428 g/mol. The fourth-order valence-corrected chi connectivity index (χ4v) is 4.94. The number of likely N-dealkylation sites (N-methyl/N-ethyl adjacent to an activating group) is 1. The standard InChI is InChI=1S/C27H36N4O3/c1-16-8-6-9-20(16)13-24-17(2)26(25-18(3)31-34-19(25)4)30-27(29-24)21-10-7-11-23(12-21)33-15-22(32)14-28-5/h7,10-12,16,20,22,28,32H,6,8-9,13-15H2,1-5H3/t16-,20-,22?/m0/s1. The van der Waals surface area contributed by atoms with E-state index in [1.807, 2.05) is 38.1 Å². The number of aromatic nitrogens is 3. The van der Waals surface area contributed by atoms with Crippen LogP contribution >= 0.6 is 0 Å². The highest BCUT2D eigenvalue weighted by Gasteiger charge is 2.27. The van der Waals surface area contributed by atoms with Crippen LogP contribution in [0.5, 0.6) is 5.75 Å². The Labute approximate surface area is 202 Å². The molecule has 0 aliphatic heterocycles. The summed E-state index contributed by atoms with van der Waals surface area (Å²) < 4.78 is 11.3. The molecule has 182 valence electrons. The molecule has 3 atom stereocenters. The van der Waals surface area contributed by atoms with Gasteiger partial charge in [0, 0.05) is 17.8 Å². The zero-order valence-corrected chi connectivity index (χ0v) is 20.9. The van der Waals surface area contributed by atoms with Gasteiger partial charge in [-0.25, -0.2) is 9.97 Å². The van der Waals surface area contributed by atoms with Gasteiger partial charge in [0.25, 0.3) is 0 Å². The Morgan fingerprint density at radius 2 is 2.03 bits per heavy atom. The number of nitrogens with zero attached hydrogens (tertiary/aromatic N) is 3. The average molecular weight is 465 g/mol. The van der Waals surface area contributed by atoms with E-state index in [1.54, 1.807) is 7.05 Å². The van der Waals surface area contributed by atoms with Crippen molar-refractivity contribution in [1.29, 1.82) is 0 Å². The number of benzene rings is 1. The lowest BCUT2D eigenvalue weighted by atomic mass is 9.90. The topological polar surface area (TPSA) is 93.3 Å². The van der Waals surface area contributed by atoms with Crippen LogP contribution in [0.25, 0.3) is 22.6 Å². The van der Waals surface area contributed by atoms with Crippen molar-refractivity contribution in [3.63, 3.8) is 0 Å². The van der Waals surface area contributed by atoms with Gasteiger partial charge in [0.05, 0.1) is 17.0 Å². The highest BCUT2D eigenvalue weighted by atomic mass is 16.5. The van der Waals surface area contributed by atoms with E-state index in [4.69, 9.17) is 19.2 Å². The molecule has 1 aliphatic carbocycles. The first-order valence-corrected chi connectivity index (χ1v) is 12.2. The number of hydrogen-bond acceptors (Lipinski definition) is 7. The van der Waals surface area contributed by atoms with Gasteiger partial charge in [0.1, 0.15) is 24.2 Å². The minimum absolute atomic E-state index is 0.216. The molecule has 1 aliphatic rings. The van der Waals surface area contributed by atoms with E-state index in [-0.39, 0.29) is 6.61 Å². The van der Waals surface area contributed by atoms with Crippen LogP contribution in [0.2, 0.25) is 0 Å². The summed E-state index contributed by atoms with van der Waals surface area (Å²) in [5.74, 6) is 3.47. The number of nitrogens with one attached hydrogen (secondary N) is 1. The third-order valence-electron chi connectivity index (χ3n) is 6.99. The van der Waals surface area contributed by atoms with Crippen molar-refractivity contribution in [2.45, 2.75) is 59.5 Å². The third kappa shape index (κ3) is 5.31. The molecule has 2 heterocycles. The van der Waals surface area contributed by atoms with Crippen molar-refractivity contribution in [3.05, 3.63) is 47.0 Å². The first-order chi connectivity index (χ1) is 16.4. The predicted molar refractivity (Wildman–Crippen MR) is 133 cm³/mol. The zero-order valence-electron chi connectivity index (χ0n) is 20.9. The highest BCUT2D eigenvalue weighted by molar-refractivity contribution is 5.71. The largest absolute Gasteiger partial charge is 0.491 e. The van der Waals surface area contributed by atoms with E-state index in [0.29, 0.717) is 30.0 Å². The molecule has 0 radical (unpaired) electrons. The molecule has 7 heteroatoms. The van der Waals surface area contributed by atoms with Crippen LogP contribution in [0.1, 0.15) is 48.9 Å². The first-order valence-electron chi connectivity index (χ1n) is 12.2. The number of rotatable bonds is 9. The smallest absolute Gasteiger partial charge is 0.160 e. The summed E-state index contributed by atoms with van der Waals surface area (Å²) in [5, 5.41) is 17.1. The fraction of sp³-hybridized carbons (Fsp3) is 0.519. The summed E-state index contributed by atoms with van der Waals surface area (Å²) in [6.45, 7) is 9.05. The van der Waals surface area contributed by atoms with Gasteiger partial charge in [-0.3, -0.25) is 0 Å². The Morgan fingerprint density at radius 1 is 1.21 bits per heavy atom. The van der Waals surface area contributed by atoms with Crippen LogP contribution in [0.15, 0.2) is 28.8 Å². The normalized spacial score (nSPS) is 18.9. The predicted octanol–water partition coefficient (Wildman–Crippen LogP) is 4.66. The summed E-state index contributed by atoms with van der Waals surface area (Å²) in [4.78, 5) is 10.1. The molecule has 0 saturated heterocycles. The van der Waals surface area contributed by atoms with E-state index in [0.717, 1.165) is 46.0 Å². The van der Waals surface area contributed by atoms with E-state index < -0.39 is 6.10 Å². The van der Waals surface area contributed by atoms with Crippen molar-refractivity contribution in [1.82, 2.24) is 20.4 Å². The monoisotopic (exact) mass is 464 g/mol. The van der Waals surface area contributed by atoms with Gasteiger partial charge >= 0.3 is 0 Å². The third-order valence-corrected chi connectivity index (χ3v) is 6.99. The molecule has 34 heavy (non-hydrogen) atoms. The molecule has 0 amide bonds. The average Bonchev–Trinajstić information content (AvgIpc) is 3.38. The molecule has 0 spiro atoms. The number of aryl methyl sites for hydroxylation is 2. The summed E-state index contributed by atoms with van der Waals surface area (Å²) in [6.07, 6.45) is 4.20. The first kappa shape index (κ1) is 24.4. The van der Waals surface area contributed by atoms with Gasteiger partial charge in [-0.05, 0) is 70.2 Å². The second kappa shape index (κ2) is 10.7. The van der Waals surface area contributed by atoms with Gasteiger partial charge in [-0.15, -0.1) is 0 Å². The fourth-order valence-electron chi connectivity index (χ4n) is 4.94. The Kier molecular flexibility index (Phi) is 7.63.